The fraction of sp³-hybridized carbons (Fsp3) is 0.261. The number of aromatic nitrogens is 2. The first kappa shape index (κ1) is 20.3. The van der Waals surface area contributed by atoms with E-state index in [0.717, 1.165) is 30.5 Å². The Morgan fingerprint density at radius 2 is 1.87 bits per heavy atom. The second kappa shape index (κ2) is 8.79. The molecule has 7 heteroatoms. The van der Waals surface area contributed by atoms with Crippen LogP contribution in [0.4, 0.5) is 10.3 Å². The minimum atomic E-state index is -1.05. The van der Waals surface area contributed by atoms with Gasteiger partial charge in [-0.2, -0.15) is 0 Å². The van der Waals surface area contributed by atoms with Gasteiger partial charge in [0, 0.05) is 17.8 Å². The summed E-state index contributed by atoms with van der Waals surface area (Å²) in [6.45, 7) is 0.803. The molecule has 1 atom stereocenters. The molecule has 0 amide bonds. The van der Waals surface area contributed by atoms with Crippen LogP contribution >= 0.6 is 11.6 Å². The molecule has 0 spiro atoms. The van der Waals surface area contributed by atoms with E-state index in [1.54, 1.807) is 12.1 Å². The number of rotatable bonds is 6. The van der Waals surface area contributed by atoms with Crippen LogP contribution in [0.25, 0.3) is 0 Å². The van der Waals surface area contributed by atoms with Gasteiger partial charge in [-0.1, -0.05) is 35.9 Å². The van der Waals surface area contributed by atoms with Crippen LogP contribution < -0.4 is 4.90 Å². The van der Waals surface area contributed by atoms with Crippen LogP contribution in [0.1, 0.15) is 46.1 Å². The van der Waals surface area contributed by atoms with Crippen molar-refractivity contribution in [2.75, 3.05) is 11.4 Å². The number of hydrogen-bond donors (Lipinski definition) is 1. The van der Waals surface area contributed by atoms with Crippen LogP contribution in [0.3, 0.4) is 0 Å². The van der Waals surface area contributed by atoms with Crippen LogP contribution in [0.15, 0.2) is 54.7 Å². The molecule has 0 saturated carbocycles. The van der Waals surface area contributed by atoms with Gasteiger partial charge in [-0.05, 0) is 61.1 Å². The van der Waals surface area contributed by atoms with Gasteiger partial charge in [-0.25, -0.2) is 19.2 Å². The Hall–Kier alpha value is -2.99. The third-order valence-corrected chi connectivity index (χ3v) is 5.67. The maximum absolute atomic E-state index is 13.1. The first-order valence-electron chi connectivity index (χ1n) is 9.87. The maximum atomic E-state index is 13.1. The maximum Gasteiger partial charge on any atom is 0.339 e. The topological polar surface area (TPSA) is 66.3 Å². The largest absolute Gasteiger partial charge is 0.478 e. The van der Waals surface area contributed by atoms with E-state index in [1.807, 2.05) is 24.3 Å². The number of carboxylic acid groups (broad SMARTS) is 1. The highest BCUT2D eigenvalue weighted by molar-refractivity contribution is 6.30. The second-order valence-electron chi connectivity index (χ2n) is 7.36. The molecule has 2 aromatic carbocycles. The van der Waals surface area contributed by atoms with Crippen molar-refractivity contribution in [2.45, 2.75) is 31.7 Å². The van der Waals surface area contributed by atoms with Crippen molar-refractivity contribution in [1.29, 1.82) is 0 Å². The zero-order chi connectivity index (χ0) is 21.1. The lowest BCUT2D eigenvalue weighted by Gasteiger charge is -2.25. The van der Waals surface area contributed by atoms with E-state index in [1.165, 1.54) is 18.3 Å². The number of carboxylic acids is 1. The van der Waals surface area contributed by atoms with Gasteiger partial charge in [0.1, 0.15) is 5.82 Å². The van der Waals surface area contributed by atoms with Crippen LogP contribution in [0, 0.1) is 5.82 Å². The van der Waals surface area contributed by atoms with Crippen molar-refractivity contribution in [3.63, 3.8) is 0 Å². The Morgan fingerprint density at radius 1 is 1.13 bits per heavy atom. The molecule has 4 rings (SSSR count). The molecule has 1 fully saturated rings. The summed E-state index contributed by atoms with van der Waals surface area (Å²) in [7, 11) is 0. The minimum Gasteiger partial charge on any atom is -0.478 e. The highest BCUT2D eigenvalue weighted by atomic mass is 35.5. The van der Waals surface area contributed by atoms with Gasteiger partial charge in [-0.15, -0.1) is 0 Å². The summed E-state index contributed by atoms with van der Waals surface area (Å²) < 4.78 is 13.1. The Morgan fingerprint density at radius 3 is 2.57 bits per heavy atom. The van der Waals surface area contributed by atoms with Crippen molar-refractivity contribution in [2.24, 2.45) is 0 Å². The number of carbonyl (C=O) groups is 1. The Bertz CT molecular complexity index is 1040. The van der Waals surface area contributed by atoms with Gasteiger partial charge in [-0.3, -0.25) is 0 Å². The first-order valence-corrected chi connectivity index (χ1v) is 10.2. The smallest absolute Gasteiger partial charge is 0.339 e. The molecule has 1 saturated heterocycles. The van der Waals surface area contributed by atoms with E-state index in [4.69, 9.17) is 11.6 Å². The van der Waals surface area contributed by atoms with E-state index < -0.39 is 5.97 Å². The van der Waals surface area contributed by atoms with E-state index in [2.05, 4.69) is 14.9 Å². The number of nitrogens with zero attached hydrogens (tertiary/aromatic N) is 3. The zero-order valence-electron chi connectivity index (χ0n) is 16.3. The molecule has 0 aliphatic carbocycles. The average molecular weight is 426 g/mol. The molecule has 1 aliphatic rings. The summed E-state index contributed by atoms with van der Waals surface area (Å²) >= 11 is 6.02. The quantitative estimate of drug-likeness (QED) is 0.595. The Labute approximate surface area is 179 Å². The molecule has 30 heavy (non-hydrogen) atoms. The van der Waals surface area contributed by atoms with Gasteiger partial charge < -0.3 is 10.0 Å². The fourth-order valence-electron chi connectivity index (χ4n) is 3.87. The monoisotopic (exact) mass is 425 g/mol. The molecule has 1 aromatic heterocycles. The highest BCUT2D eigenvalue weighted by Gasteiger charge is 2.29. The fourth-order valence-corrected chi connectivity index (χ4v) is 3.99. The van der Waals surface area contributed by atoms with E-state index >= 15 is 0 Å². The van der Waals surface area contributed by atoms with Crippen molar-refractivity contribution >= 4 is 23.5 Å². The summed E-state index contributed by atoms with van der Waals surface area (Å²) in [5.41, 5.74) is 2.64. The summed E-state index contributed by atoms with van der Waals surface area (Å²) in [4.78, 5) is 22.8. The second-order valence-corrected chi connectivity index (χ2v) is 7.80. The lowest BCUT2D eigenvalue weighted by atomic mass is 10.0. The normalized spacial score (nSPS) is 16.1. The number of benzene rings is 2. The standard InChI is InChI=1S/C23H21ClFN3O2/c24-17-8-6-16(7-9-17)21-2-1-13-28(21)23-26-14-19(22(29)30)20(27-23)12-5-15-3-10-18(25)11-4-15/h3-4,6-11,14,21H,1-2,5,12-13H2,(H,29,30)/t21-/m1/s1. The summed E-state index contributed by atoms with van der Waals surface area (Å²) in [5.74, 6) is -0.811. The van der Waals surface area contributed by atoms with Gasteiger partial charge >= 0.3 is 5.97 Å². The lowest BCUT2D eigenvalue weighted by molar-refractivity contribution is 0.0694. The SMILES string of the molecule is O=C(O)c1cnc(N2CCC[C@@H]2c2ccc(Cl)cc2)nc1CCc1ccc(F)cc1. The minimum absolute atomic E-state index is 0.100. The first-order chi connectivity index (χ1) is 14.5. The van der Waals surface area contributed by atoms with Crippen molar-refractivity contribution in [3.8, 4) is 0 Å². The molecule has 0 bridgehead atoms. The van der Waals surface area contributed by atoms with Gasteiger partial charge in [0.2, 0.25) is 5.95 Å². The van der Waals surface area contributed by atoms with Gasteiger partial charge in [0.05, 0.1) is 17.3 Å². The van der Waals surface area contributed by atoms with Crippen LogP contribution in [0.5, 0.6) is 0 Å². The molecule has 3 aromatic rings. The number of halogens is 2. The molecule has 5 nitrogen and oxygen atoms in total. The summed E-state index contributed by atoms with van der Waals surface area (Å²) in [6, 6.07) is 14.1. The Kier molecular flexibility index (Phi) is 5.95. The van der Waals surface area contributed by atoms with E-state index in [9.17, 15) is 14.3 Å². The molecular weight excluding hydrogens is 405 g/mol. The van der Waals surface area contributed by atoms with Crippen LogP contribution in [-0.2, 0) is 12.8 Å². The zero-order valence-corrected chi connectivity index (χ0v) is 17.0. The number of aryl methyl sites for hydroxylation is 2. The van der Waals surface area contributed by atoms with Crippen molar-refractivity contribution in [1.82, 2.24) is 9.97 Å². The summed E-state index contributed by atoms with van der Waals surface area (Å²) in [5, 5.41) is 10.2. The third-order valence-electron chi connectivity index (χ3n) is 5.41. The Balaban J connectivity index is 1.60. The van der Waals surface area contributed by atoms with Gasteiger partial charge in [0.15, 0.2) is 0 Å². The molecule has 154 valence electrons. The van der Waals surface area contributed by atoms with E-state index in [0.29, 0.717) is 29.5 Å². The molecule has 1 aliphatic heterocycles. The van der Waals surface area contributed by atoms with Crippen LogP contribution in [-0.4, -0.2) is 27.6 Å². The van der Waals surface area contributed by atoms with Crippen molar-refractivity contribution < 1.29 is 14.3 Å². The van der Waals surface area contributed by atoms with Gasteiger partial charge in [0.25, 0.3) is 0 Å². The molecule has 1 N–H and O–H groups in total. The lowest BCUT2D eigenvalue weighted by Crippen LogP contribution is -2.25. The number of anilines is 1. The molecule has 0 radical (unpaired) electrons. The van der Waals surface area contributed by atoms with Crippen LogP contribution in [0.2, 0.25) is 5.02 Å². The molecule has 0 unspecified atom stereocenters. The van der Waals surface area contributed by atoms with Crippen molar-refractivity contribution in [3.05, 3.63) is 88.0 Å². The van der Waals surface area contributed by atoms with E-state index in [-0.39, 0.29) is 17.4 Å². The number of hydrogen-bond acceptors (Lipinski definition) is 4. The molecule has 2 heterocycles. The highest BCUT2D eigenvalue weighted by Crippen LogP contribution is 2.35. The summed E-state index contributed by atoms with van der Waals surface area (Å²) in [6.07, 6.45) is 4.36. The third kappa shape index (κ3) is 4.44. The predicted octanol–water partition coefficient (Wildman–Crippen LogP) is 5.09. The number of aromatic carboxylic acids is 1. The average Bonchev–Trinajstić information content (AvgIpc) is 3.23. The predicted molar refractivity (Wildman–Crippen MR) is 114 cm³/mol. The molecular formula is C23H21ClFN3O2.